The summed E-state index contributed by atoms with van der Waals surface area (Å²) in [6.45, 7) is 3.22. The van der Waals surface area contributed by atoms with Crippen molar-refractivity contribution in [1.29, 1.82) is 0 Å². The van der Waals surface area contributed by atoms with Crippen molar-refractivity contribution in [1.82, 2.24) is 24.6 Å². The number of fused-ring (bicyclic) bond motifs is 1. The van der Waals surface area contributed by atoms with E-state index in [1.165, 1.54) is 6.20 Å². The van der Waals surface area contributed by atoms with Crippen molar-refractivity contribution in [3.8, 4) is 0 Å². The summed E-state index contributed by atoms with van der Waals surface area (Å²) in [5.74, 6) is -0.198. The molecule has 152 valence electrons. The van der Waals surface area contributed by atoms with Gasteiger partial charge in [-0.05, 0) is 42.3 Å². The molecule has 2 heterocycles. The minimum absolute atomic E-state index is 0.139. The first kappa shape index (κ1) is 19.8. The zero-order valence-electron chi connectivity index (χ0n) is 16.4. The van der Waals surface area contributed by atoms with Gasteiger partial charge in [-0.25, -0.2) is 9.67 Å². The van der Waals surface area contributed by atoms with Crippen LogP contribution in [0.15, 0.2) is 65.8 Å². The second kappa shape index (κ2) is 8.51. The Morgan fingerprint density at radius 1 is 1.13 bits per heavy atom. The van der Waals surface area contributed by atoms with Gasteiger partial charge in [0.1, 0.15) is 11.7 Å². The fourth-order valence-electron chi connectivity index (χ4n) is 3.22. The molecule has 0 bridgehead atoms. The molecule has 0 atom stereocenters. The lowest BCUT2D eigenvalue weighted by Crippen LogP contribution is -2.27. The maximum Gasteiger partial charge on any atom is 0.264 e. The highest BCUT2D eigenvalue weighted by atomic mass is 35.5. The SMILES string of the molecule is Cc1ccccc1Cn1cnc2c(cnn2CCNC(=O)c2ccc(Cl)cc2)c1=O. The first-order valence-electron chi connectivity index (χ1n) is 9.52. The van der Waals surface area contributed by atoms with Gasteiger partial charge in [-0.1, -0.05) is 35.9 Å². The predicted molar refractivity (Wildman–Crippen MR) is 116 cm³/mol. The number of benzene rings is 2. The number of amides is 1. The van der Waals surface area contributed by atoms with Gasteiger partial charge < -0.3 is 5.32 Å². The maximum atomic E-state index is 12.8. The molecule has 30 heavy (non-hydrogen) atoms. The highest BCUT2D eigenvalue weighted by Crippen LogP contribution is 2.11. The normalized spacial score (nSPS) is 11.0. The molecule has 1 amide bonds. The minimum Gasteiger partial charge on any atom is -0.350 e. The van der Waals surface area contributed by atoms with Crippen molar-refractivity contribution in [3.05, 3.63) is 93.1 Å². The number of nitrogens with zero attached hydrogens (tertiary/aromatic N) is 4. The molecule has 7 nitrogen and oxygen atoms in total. The summed E-state index contributed by atoms with van der Waals surface area (Å²) >= 11 is 5.84. The van der Waals surface area contributed by atoms with Gasteiger partial charge in [-0.2, -0.15) is 5.10 Å². The second-order valence-corrected chi connectivity index (χ2v) is 7.41. The van der Waals surface area contributed by atoms with Crippen molar-refractivity contribution < 1.29 is 4.79 Å². The largest absolute Gasteiger partial charge is 0.350 e. The number of aryl methyl sites for hydroxylation is 1. The van der Waals surface area contributed by atoms with Crippen LogP contribution in [0, 0.1) is 6.92 Å². The Kier molecular flexibility index (Phi) is 5.63. The number of hydrogen-bond acceptors (Lipinski definition) is 4. The molecule has 0 aliphatic heterocycles. The summed E-state index contributed by atoms with van der Waals surface area (Å²) < 4.78 is 3.20. The molecule has 0 fully saturated rings. The molecular weight excluding hydrogens is 402 g/mol. The Hall–Kier alpha value is -3.45. The average molecular weight is 422 g/mol. The average Bonchev–Trinajstić information content (AvgIpc) is 3.16. The van der Waals surface area contributed by atoms with E-state index in [9.17, 15) is 9.59 Å². The monoisotopic (exact) mass is 421 g/mol. The lowest BCUT2D eigenvalue weighted by Gasteiger charge is -2.09. The van der Waals surface area contributed by atoms with Gasteiger partial charge >= 0.3 is 0 Å². The van der Waals surface area contributed by atoms with E-state index in [1.807, 2.05) is 31.2 Å². The van der Waals surface area contributed by atoms with Crippen LogP contribution in [-0.2, 0) is 13.1 Å². The molecule has 8 heteroatoms. The highest BCUT2D eigenvalue weighted by Gasteiger charge is 2.11. The summed E-state index contributed by atoms with van der Waals surface area (Å²) in [5.41, 5.74) is 3.08. The quantitative estimate of drug-likeness (QED) is 0.518. The molecule has 4 aromatic rings. The second-order valence-electron chi connectivity index (χ2n) is 6.97. The molecule has 2 aromatic heterocycles. The summed E-state index contributed by atoms with van der Waals surface area (Å²) in [4.78, 5) is 29.5. The van der Waals surface area contributed by atoms with E-state index in [0.717, 1.165) is 11.1 Å². The Morgan fingerprint density at radius 2 is 1.90 bits per heavy atom. The molecule has 2 aromatic carbocycles. The smallest absolute Gasteiger partial charge is 0.264 e. The van der Waals surface area contributed by atoms with Crippen LogP contribution in [0.2, 0.25) is 5.02 Å². The zero-order valence-corrected chi connectivity index (χ0v) is 17.1. The van der Waals surface area contributed by atoms with E-state index in [-0.39, 0.29) is 11.5 Å². The topological polar surface area (TPSA) is 81.8 Å². The predicted octanol–water partition coefficient (Wildman–Crippen LogP) is 3.03. The summed E-state index contributed by atoms with van der Waals surface area (Å²) in [6.07, 6.45) is 3.07. The van der Waals surface area contributed by atoms with Crippen LogP contribution >= 0.6 is 11.6 Å². The summed E-state index contributed by atoms with van der Waals surface area (Å²) in [7, 11) is 0. The van der Waals surface area contributed by atoms with Crippen molar-refractivity contribution in [2.24, 2.45) is 0 Å². The van der Waals surface area contributed by atoms with Crippen molar-refractivity contribution in [3.63, 3.8) is 0 Å². The van der Waals surface area contributed by atoms with Gasteiger partial charge in [0.2, 0.25) is 0 Å². The highest BCUT2D eigenvalue weighted by molar-refractivity contribution is 6.30. The minimum atomic E-state index is -0.198. The number of rotatable bonds is 6. The lowest BCUT2D eigenvalue weighted by atomic mass is 10.1. The van der Waals surface area contributed by atoms with Crippen LogP contribution in [-0.4, -0.2) is 31.8 Å². The fraction of sp³-hybridized carbons (Fsp3) is 0.182. The molecule has 0 spiro atoms. The van der Waals surface area contributed by atoms with Crippen LogP contribution in [0.1, 0.15) is 21.5 Å². The van der Waals surface area contributed by atoms with E-state index >= 15 is 0 Å². The van der Waals surface area contributed by atoms with Crippen LogP contribution in [0.25, 0.3) is 11.0 Å². The molecule has 0 unspecified atom stereocenters. The first-order valence-corrected chi connectivity index (χ1v) is 9.90. The van der Waals surface area contributed by atoms with E-state index < -0.39 is 0 Å². The Balaban J connectivity index is 1.46. The van der Waals surface area contributed by atoms with Gasteiger partial charge in [0, 0.05) is 17.1 Å². The molecule has 0 aliphatic carbocycles. The van der Waals surface area contributed by atoms with E-state index in [4.69, 9.17) is 11.6 Å². The fourth-order valence-corrected chi connectivity index (χ4v) is 3.35. The summed E-state index contributed by atoms with van der Waals surface area (Å²) in [6, 6.07) is 14.6. The third kappa shape index (κ3) is 4.11. The molecule has 4 rings (SSSR count). The summed E-state index contributed by atoms with van der Waals surface area (Å²) in [5, 5.41) is 8.14. The van der Waals surface area contributed by atoms with Crippen LogP contribution < -0.4 is 10.9 Å². The van der Waals surface area contributed by atoms with Gasteiger partial charge in [0.05, 0.1) is 19.3 Å². The number of halogens is 1. The standard InChI is InChI=1S/C22H20ClN5O2/c1-15-4-2-3-5-17(15)13-27-14-25-20-19(22(27)30)12-26-28(20)11-10-24-21(29)16-6-8-18(23)9-7-16/h2-9,12,14H,10-11,13H2,1H3,(H,24,29). The van der Waals surface area contributed by atoms with E-state index in [2.05, 4.69) is 15.4 Å². The number of hydrogen-bond donors (Lipinski definition) is 1. The van der Waals surface area contributed by atoms with Crippen molar-refractivity contribution >= 4 is 28.5 Å². The number of carbonyl (C=O) groups excluding carboxylic acids is 1. The van der Waals surface area contributed by atoms with Crippen LogP contribution in [0.5, 0.6) is 0 Å². The Morgan fingerprint density at radius 3 is 2.67 bits per heavy atom. The lowest BCUT2D eigenvalue weighted by molar-refractivity contribution is 0.0952. The van der Waals surface area contributed by atoms with Gasteiger partial charge in [0.25, 0.3) is 11.5 Å². The van der Waals surface area contributed by atoms with Crippen molar-refractivity contribution in [2.75, 3.05) is 6.54 Å². The number of aromatic nitrogens is 4. The number of nitrogens with one attached hydrogen (secondary N) is 1. The van der Waals surface area contributed by atoms with Gasteiger partial charge in [0.15, 0.2) is 5.65 Å². The maximum absolute atomic E-state index is 12.8. The molecular formula is C22H20ClN5O2. The number of carbonyl (C=O) groups is 1. The molecule has 1 N–H and O–H groups in total. The Labute approximate surface area is 177 Å². The van der Waals surface area contributed by atoms with E-state index in [0.29, 0.717) is 41.3 Å². The molecule has 0 aliphatic rings. The molecule has 0 saturated carbocycles. The zero-order chi connectivity index (χ0) is 21.1. The third-order valence-electron chi connectivity index (χ3n) is 4.94. The van der Waals surface area contributed by atoms with Gasteiger partial charge in [-0.3, -0.25) is 14.2 Å². The van der Waals surface area contributed by atoms with Crippen LogP contribution in [0.4, 0.5) is 0 Å². The molecule has 0 radical (unpaired) electrons. The Bertz CT molecular complexity index is 1260. The van der Waals surface area contributed by atoms with Crippen LogP contribution in [0.3, 0.4) is 0 Å². The van der Waals surface area contributed by atoms with Crippen molar-refractivity contribution in [2.45, 2.75) is 20.0 Å². The third-order valence-corrected chi connectivity index (χ3v) is 5.19. The van der Waals surface area contributed by atoms with Gasteiger partial charge in [-0.15, -0.1) is 0 Å². The first-order chi connectivity index (χ1) is 14.5. The van der Waals surface area contributed by atoms with E-state index in [1.54, 1.807) is 39.8 Å². The molecule has 0 saturated heterocycles.